The van der Waals surface area contributed by atoms with Gasteiger partial charge in [0.15, 0.2) is 0 Å². The number of rotatable bonds is 11. The van der Waals surface area contributed by atoms with Crippen LogP contribution in [0.2, 0.25) is 0 Å². The van der Waals surface area contributed by atoms with E-state index in [4.69, 9.17) is 9.47 Å². The summed E-state index contributed by atoms with van der Waals surface area (Å²) in [5.41, 5.74) is -3.46. The summed E-state index contributed by atoms with van der Waals surface area (Å²) in [5.74, 6) is -0.362. The fraction of sp³-hybridized carbons (Fsp3) is 0.419. The average Bonchev–Trinajstić information content (AvgIpc) is 2.99. The number of benzene rings is 2. The third kappa shape index (κ3) is 7.76. The van der Waals surface area contributed by atoms with Gasteiger partial charge in [-0.3, -0.25) is 19.6 Å². The van der Waals surface area contributed by atoms with E-state index in [1.165, 1.54) is 0 Å². The van der Waals surface area contributed by atoms with Crippen LogP contribution >= 0.6 is 0 Å². The van der Waals surface area contributed by atoms with Crippen LogP contribution in [-0.4, -0.2) is 83.7 Å². The highest BCUT2D eigenvalue weighted by atomic mass is 19.4. The molecule has 0 bridgehead atoms. The Morgan fingerprint density at radius 2 is 1.41 bits per heavy atom. The van der Waals surface area contributed by atoms with Crippen molar-refractivity contribution in [3.05, 3.63) is 89.7 Å². The fourth-order valence-corrected chi connectivity index (χ4v) is 5.05. The summed E-state index contributed by atoms with van der Waals surface area (Å²) in [6.45, 7) is 5.59. The number of carbonyl (C=O) groups excluding carboxylic acids is 1. The molecule has 1 atom stereocenters. The Bertz CT molecular complexity index is 1340. The first kappa shape index (κ1) is 33.4. The van der Waals surface area contributed by atoms with Crippen LogP contribution in [0.15, 0.2) is 73.1 Å². The summed E-state index contributed by atoms with van der Waals surface area (Å²) >= 11 is 0. The van der Waals surface area contributed by atoms with E-state index in [1.807, 2.05) is 24.0 Å². The number of alkyl halides is 6. The lowest BCUT2D eigenvalue weighted by Gasteiger charge is -2.40. The average molecular weight is 626 g/mol. The van der Waals surface area contributed by atoms with Gasteiger partial charge < -0.3 is 14.6 Å². The van der Waals surface area contributed by atoms with Gasteiger partial charge >= 0.3 is 18.3 Å². The molecule has 44 heavy (non-hydrogen) atoms. The van der Waals surface area contributed by atoms with Gasteiger partial charge in [0.05, 0.1) is 6.61 Å². The highest BCUT2D eigenvalue weighted by Crippen LogP contribution is 2.50. The molecule has 1 aromatic heterocycles. The van der Waals surface area contributed by atoms with Gasteiger partial charge in [0.1, 0.15) is 12.6 Å². The third-order valence-corrected chi connectivity index (χ3v) is 7.48. The molecule has 0 unspecified atom stereocenters. The quantitative estimate of drug-likeness (QED) is 0.176. The molecule has 238 valence electrons. The highest BCUT2D eigenvalue weighted by molar-refractivity contribution is 5.76. The molecule has 0 radical (unpaired) electrons. The van der Waals surface area contributed by atoms with E-state index in [2.05, 4.69) is 9.88 Å². The number of nitrogens with zero attached hydrogens (tertiary/aromatic N) is 3. The molecule has 13 heteroatoms. The van der Waals surface area contributed by atoms with Crippen LogP contribution in [0.3, 0.4) is 0 Å². The van der Waals surface area contributed by atoms with E-state index in [-0.39, 0.29) is 12.6 Å². The number of hydrogen-bond acceptors (Lipinski definition) is 7. The van der Waals surface area contributed by atoms with Gasteiger partial charge in [-0.25, -0.2) is 0 Å². The maximum absolute atomic E-state index is 13.2. The number of esters is 1. The molecule has 1 aliphatic heterocycles. The predicted octanol–water partition coefficient (Wildman–Crippen LogP) is 5.33. The van der Waals surface area contributed by atoms with Crippen molar-refractivity contribution < 1.29 is 45.7 Å². The molecule has 3 aromatic rings. The summed E-state index contributed by atoms with van der Waals surface area (Å²) in [5, 5.41) is 9.63. The maximum atomic E-state index is 13.2. The second kappa shape index (κ2) is 14.1. The van der Waals surface area contributed by atoms with Crippen LogP contribution in [0.25, 0.3) is 11.1 Å². The van der Waals surface area contributed by atoms with Crippen LogP contribution in [0.1, 0.15) is 23.6 Å². The van der Waals surface area contributed by atoms with Crippen molar-refractivity contribution in [2.45, 2.75) is 44.0 Å². The Hall–Kier alpha value is -3.52. The van der Waals surface area contributed by atoms with Gasteiger partial charge in [0, 0.05) is 57.3 Å². The number of carbonyl (C=O) groups is 1. The van der Waals surface area contributed by atoms with Crippen molar-refractivity contribution >= 4 is 5.97 Å². The molecule has 0 amide bonds. The normalized spacial score (nSPS) is 17.0. The predicted molar refractivity (Wildman–Crippen MR) is 149 cm³/mol. The summed E-state index contributed by atoms with van der Waals surface area (Å²) in [6, 6.07) is 13.7. The first-order valence-corrected chi connectivity index (χ1v) is 14.0. The van der Waals surface area contributed by atoms with Crippen molar-refractivity contribution in [3.63, 3.8) is 0 Å². The Morgan fingerprint density at radius 3 is 1.98 bits per heavy atom. The van der Waals surface area contributed by atoms with Crippen molar-refractivity contribution in [3.8, 4) is 11.1 Å². The van der Waals surface area contributed by atoms with Gasteiger partial charge in [0.25, 0.3) is 5.60 Å². The topological polar surface area (TPSA) is 75.1 Å². The van der Waals surface area contributed by atoms with E-state index in [0.717, 1.165) is 23.3 Å². The SMILES string of the molecule is CCOCCOC(=O)[C@H]1CN(Cc2ccncc2)CCN1Cc1ccc(-c2ccc(C(O)(C(F)(F)F)C(F)(F)F)cc2)cc1. The molecule has 0 saturated carbocycles. The monoisotopic (exact) mass is 625 g/mol. The molecule has 0 spiro atoms. The van der Waals surface area contributed by atoms with Gasteiger partial charge in [-0.05, 0) is 41.3 Å². The number of piperazine rings is 1. The lowest BCUT2D eigenvalue weighted by molar-refractivity contribution is -0.376. The third-order valence-electron chi connectivity index (χ3n) is 7.48. The van der Waals surface area contributed by atoms with Crippen LogP contribution in [0.4, 0.5) is 26.3 Å². The molecule has 7 nitrogen and oxygen atoms in total. The summed E-state index contributed by atoms with van der Waals surface area (Å²) in [7, 11) is 0. The number of aliphatic hydroxyl groups is 1. The number of aromatic nitrogens is 1. The van der Waals surface area contributed by atoms with E-state index in [0.29, 0.717) is 69.2 Å². The Labute approximate surface area is 251 Å². The van der Waals surface area contributed by atoms with Gasteiger partial charge in [0.2, 0.25) is 0 Å². The standard InChI is InChI=1S/C31H33F6N3O4/c1-2-43-17-18-44-28(41)27-21-39(19-23-11-13-38-14-12-23)15-16-40(27)20-22-3-5-24(6-4-22)25-7-9-26(10-8-25)29(42,30(32,33)34)31(35,36)37/h3-14,27,42H,2,15-21H2,1H3/t27-/m1/s1. The minimum absolute atomic E-state index is 0.137. The molecular formula is C31H33F6N3O4. The summed E-state index contributed by atoms with van der Waals surface area (Å²) < 4.78 is 90.1. The molecular weight excluding hydrogens is 592 g/mol. The molecule has 4 rings (SSSR count). The Balaban J connectivity index is 1.46. The van der Waals surface area contributed by atoms with Gasteiger partial charge in [-0.15, -0.1) is 0 Å². The van der Waals surface area contributed by atoms with Crippen LogP contribution < -0.4 is 0 Å². The zero-order valence-corrected chi connectivity index (χ0v) is 23.9. The van der Waals surface area contributed by atoms with Crippen molar-refractivity contribution in [1.82, 2.24) is 14.8 Å². The van der Waals surface area contributed by atoms with Crippen molar-refractivity contribution in [2.24, 2.45) is 0 Å². The Morgan fingerprint density at radius 1 is 0.841 bits per heavy atom. The first-order chi connectivity index (χ1) is 20.8. The fourth-order valence-electron chi connectivity index (χ4n) is 5.05. The second-order valence-electron chi connectivity index (χ2n) is 10.4. The first-order valence-electron chi connectivity index (χ1n) is 14.0. The summed E-state index contributed by atoms with van der Waals surface area (Å²) in [4.78, 5) is 21.3. The zero-order chi connectivity index (χ0) is 32.0. The number of halogens is 6. The van der Waals surface area contributed by atoms with E-state index < -0.39 is 29.6 Å². The Kier molecular flexibility index (Phi) is 10.7. The highest BCUT2D eigenvalue weighted by Gasteiger charge is 2.71. The maximum Gasteiger partial charge on any atom is 0.430 e. The molecule has 2 aromatic carbocycles. The smallest absolute Gasteiger partial charge is 0.430 e. The zero-order valence-electron chi connectivity index (χ0n) is 23.9. The number of hydrogen-bond donors (Lipinski definition) is 1. The second-order valence-corrected chi connectivity index (χ2v) is 10.4. The minimum Gasteiger partial charge on any atom is -0.462 e. The van der Waals surface area contributed by atoms with E-state index >= 15 is 0 Å². The van der Waals surface area contributed by atoms with Crippen LogP contribution in [0.5, 0.6) is 0 Å². The van der Waals surface area contributed by atoms with E-state index in [9.17, 15) is 36.2 Å². The van der Waals surface area contributed by atoms with Crippen molar-refractivity contribution in [2.75, 3.05) is 39.5 Å². The largest absolute Gasteiger partial charge is 0.462 e. The minimum atomic E-state index is -5.95. The summed E-state index contributed by atoms with van der Waals surface area (Å²) in [6.07, 6.45) is -8.47. The number of ether oxygens (including phenoxy) is 2. The van der Waals surface area contributed by atoms with E-state index in [1.54, 1.807) is 36.7 Å². The lowest BCUT2D eigenvalue weighted by Crippen LogP contribution is -2.56. The van der Waals surface area contributed by atoms with Crippen LogP contribution in [-0.2, 0) is 33.0 Å². The van der Waals surface area contributed by atoms with Crippen LogP contribution in [0, 0.1) is 0 Å². The van der Waals surface area contributed by atoms with Gasteiger partial charge in [-0.1, -0.05) is 48.5 Å². The van der Waals surface area contributed by atoms with Gasteiger partial charge in [-0.2, -0.15) is 26.3 Å². The molecule has 1 aliphatic rings. The lowest BCUT2D eigenvalue weighted by atomic mass is 9.90. The molecule has 1 N–H and O–H groups in total. The molecule has 1 fully saturated rings. The number of pyridine rings is 1. The molecule has 1 saturated heterocycles. The van der Waals surface area contributed by atoms with Crippen molar-refractivity contribution in [1.29, 1.82) is 0 Å². The molecule has 2 heterocycles. The molecule has 0 aliphatic carbocycles.